The van der Waals surface area contributed by atoms with E-state index in [0.717, 1.165) is 57.7 Å². The highest BCUT2D eigenvalue weighted by atomic mass is 32.1. The van der Waals surface area contributed by atoms with Crippen LogP contribution in [0.3, 0.4) is 0 Å². The van der Waals surface area contributed by atoms with Crippen LogP contribution in [0.5, 0.6) is 0 Å². The highest BCUT2D eigenvalue weighted by molar-refractivity contribution is 7.16. The summed E-state index contributed by atoms with van der Waals surface area (Å²) in [6.45, 7) is 11.3. The zero-order valence-corrected chi connectivity index (χ0v) is 19.7. The molecule has 4 nitrogen and oxygen atoms in total. The van der Waals surface area contributed by atoms with Crippen molar-refractivity contribution in [1.29, 1.82) is 0 Å². The van der Waals surface area contributed by atoms with E-state index in [1.807, 2.05) is 19.1 Å². The van der Waals surface area contributed by atoms with Crippen LogP contribution in [0.1, 0.15) is 51.8 Å². The molecule has 0 unspecified atom stereocenters. The average Bonchev–Trinajstić information content (AvgIpc) is 3.25. The third kappa shape index (κ3) is 4.02. The van der Waals surface area contributed by atoms with E-state index in [0.29, 0.717) is 5.13 Å². The molecule has 0 aliphatic carbocycles. The smallest absolute Gasteiger partial charge is 0.274 e. The van der Waals surface area contributed by atoms with Crippen LogP contribution in [-0.4, -0.2) is 15.5 Å². The van der Waals surface area contributed by atoms with Gasteiger partial charge in [0.25, 0.3) is 5.91 Å². The summed E-state index contributed by atoms with van der Waals surface area (Å²) in [5.41, 5.74) is 7.40. The molecule has 5 heteroatoms. The van der Waals surface area contributed by atoms with Gasteiger partial charge in [0.05, 0.1) is 5.69 Å². The Morgan fingerprint density at radius 3 is 2.58 bits per heavy atom. The largest absolute Gasteiger partial charge is 0.336 e. The average molecular weight is 432 g/mol. The minimum Gasteiger partial charge on any atom is -0.336 e. The molecule has 0 saturated carbocycles. The molecule has 2 heterocycles. The first kappa shape index (κ1) is 21.3. The van der Waals surface area contributed by atoms with Crippen LogP contribution in [0.25, 0.3) is 22.2 Å². The number of unbranched alkanes of at least 4 members (excludes halogenated alkanes) is 1. The molecule has 1 N–H and O–H groups in total. The van der Waals surface area contributed by atoms with Gasteiger partial charge in [-0.15, -0.1) is 11.3 Å². The van der Waals surface area contributed by atoms with Crippen LogP contribution < -0.4 is 5.32 Å². The fourth-order valence-corrected chi connectivity index (χ4v) is 4.91. The van der Waals surface area contributed by atoms with E-state index >= 15 is 0 Å². The third-order valence-corrected chi connectivity index (χ3v) is 6.86. The summed E-state index contributed by atoms with van der Waals surface area (Å²) >= 11 is 1.53. The SMILES string of the molecule is CCCCn1c(C(=O)Nc2nc(-c3ccc(C)c(C)c3)c(C)s2)c(C)c2ccccc21. The molecular weight excluding hydrogens is 402 g/mol. The first-order valence-corrected chi connectivity index (χ1v) is 11.7. The first-order valence-electron chi connectivity index (χ1n) is 10.8. The van der Waals surface area contributed by atoms with Crippen LogP contribution in [0.15, 0.2) is 42.5 Å². The van der Waals surface area contributed by atoms with Gasteiger partial charge in [-0.1, -0.05) is 43.7 Å². The molecule has 4 rings (SSSR count). The molecule has 31 heavy (non-hydrogen) atoms. The molecule has 4 aromatic rings. The molecule has 0 bridgehead atoms. The number of amides is 1. The van der Waals surface area contributed by atoms with Gasteiger partial charge in [-0.3, -0.25) is 10.1 Å². The summed E-state index contributed by atoms with van der Waals surface area (Å²) in [5.74, 6) is -0.0924. The van der Waals surface area contributed by atoms with Gasteiger partial charge in [0.2, 0.25) is 0 Å². The summed E-state index contributed by atoms with van der Waals surface area (Å²) in [6.07, 6.45) is 2.11. The van der Waals surface area contributed by atoms with E-state index in [-0.39, 0.29) is 5.91 Å². The zero-order valence-electron chi connectivity index (χ0n) is 18.9. The number of hydrogen-bond donors (Lipinski definition) is 1. The molecule has 0 radical (unpaired) electrons. The fraction of sp³-hybridized carbons (Fsp3) is 0.308. The molecule has 0 fully saturated rings. The maximum absolute atomic E-state index is 13.4. The van der Waals surface area contributed by atoms with Crippen molar-refractivity contribution in [3.8, 4) is 11.3 Å². The maximum Gasteiger partial charge on any atom is 0.274 e. The van der Waals surface area contributed by atoms with Crippen LogP contribution in [0.2, 0.25) is 0 Å². The number of hydrogen-bond acceptors (Lipinski definition) is 3. The molecular formula is C26H29N3OS. The van der Waals surface area contributed by atoms with Gasteiger partial charge in [0.15, 0.2) is 5.13 Å². The highest BCUT2D eigenvalue weighted by Crippen LogP contribution is 2.32. The Balaban J connectivity index is 1.68. The van der Waals surface area contributed by atoms with Crippen LogP contribution in [-0.2, 0) is 6.54 Å². The van der Waals surface area contributed by atoms with Crippen molar-refractivity contribution in [3.63, 3.8) is 0 Å². The molecule has 2 aromatic carbocycles. The molecule has 0 aliphatic heterocycles. The molecule has 0 saturated heterocycles. The second-order valence-corrected chi connectivity index (χ2v) is 9.38. The Morgan fingerprint density at radius 2 is 1.84 bits per heavy atom. The Hall–Kier alpha value is -2.92. The van der Waals surface area contributed by atoms with Crippen LogP contribution >= 0.6 is 11.3 Å². The number of rotatable bonds is 6. The second-order valence-electron chi connectivity index (χ2n) is 8.17. The number of anilines is 1. The van der Waals surface area contributed by atoms with Crippen LogP contribution in [0.4, 0.5) is 5.13 Å². The lowest BCUT2D eigenvalue weighted by molar-refractivity contribution is 0.101. The number of thiazole rings is 1. The van der Waals surface area contributed by atoms with E-state index in [2.05, 4.69) is 67.9 Å². The Morgan fingerprint density at radius 1 is 1.06 bits per heavy atom. The summed E-state index contributed by atoms with van der Waals surface area (Å²) in [4.78, 5) is 19.2. The predicted molar refractivity (Wildman–Crippen MR) is 131 cm³/mol. The molecule has 1 amide bonds. The van der Waals surface area contributed by atoms with Crippen molar-refractivity contribution in [1.82, 2.24) is 9.55 Å². The minimum absolute atomic E-state index is 0.0924. The molecule has 0 atom stereocenters. The first-order chi connectivity index (χ1) is 14.9. The molecule has 160 valence electrons. The number of nitrogens with zero attached hydrogens (tertiary/aromatic N) is 2. The van der Waals surface area contributed by atoms with E-state index in [4.69, 9.17) is 4.98 Å². The molecule has 2 aromatic heterocycles. The van der Waals surface area contributed by atoms with Gasteiger partial charge >= 0.3 is 0 Å². The topological polar surface area (TPSA) is 46.9 Å². The summed E-state index contributed by atoms with van der Waals surface area (Å²) < 4.78 is 2.16. The lowest BCUT2D eigenvalue weighted by Gasteiger charge is -2.10. The van der Waals surface area contributed by atoms with E-state index in [9.17, 15) is 4.79 Å². The lowest BCUT2D eigenvalue weighted by Crippen LogP contribution is -2.18. The molecule has 0 aliphatic rings. The van der Waals surface area contributed by atoms with E-state index < -0.39 is 0 Å². The van der Waals surface area contributed by atoms with Gasteiger partial charge in [-0.25, -0.2) is 4.98 Å². The standard InChI is InChI=1S/C26H29N3OS/c1-6-7-14-29-22-11-9-8-10-21(22)18(4)24(29)25(30)28-26-27-23(19(5)31-26)20-13-12-16(2)17(3)15-20/h8-13,15H,6-7,14H2,1-5H3,(H,27,28,30). The number of para-hydroxylation sites is 1. The summed E-state index contributed by atoms with van der Waals surface area (Å²) in [6, 6.07) is 14.6. The Kier molecular flexibility index (Phi) is 5.96. The van der Waals surface area contributed by atoms with E-state index in [1.165, 1.54) is 22.5 Å². The van der Waals surface area contributed by atoms with Crippen molar-refractivity contribution in [2.24, 2.45) is 0 Å². The maximum atomic E-state index is 13.4. The van der Waals surface area contributed by atoms with Crippen molar-refractivity contribution >= 4 is 33.3 Å². The molecule has 0 spiro atoms. The number of carbonyl (C=O) groups excluding carboxylic acids is 1. The summed E-state index contributed by atoms with van der Waals surface area (Å²) in [5, 5.41) is 4.86. The normalized spacial score (nSPS) is 11.3. The van der Waals surface area contributed by atoms with Gasteiger partial charge in [0, 0.05) is 27.9 Å². The monoisotopic (exact) mass is 431 g/mol. The van der Waals surface area contributed by atoms with Gasteiger partial charge < -0.3 is 4.57 Å². The van der Waals surface area contributed by atoms with Gasteiger partial charge in [-0.05, 0) is 62.9 Å². The highest BCUT2D eigenvalue weighted by Gasteiger charge is 2.21. The number of benzene rings is 2. The van der Waals surface area contributed by atoms with Crippen molar-refractivity contribution < 1.29 is 4.79 Å². The second kappa shape index (κ2) is 8.67. The third-order valence-electron chi connectivity index (χ3n) is 5.97. The van der Waals surface area contributed by atoms with Gasteiger partial charge in [-0.2, -0.15) is 0 Å². The predicted octanol–water partition coefficient (Wildman–Crippen LogP) is 7.05. The van der Waals surface area contributed by atoms with Crippen molar-refractivity contribution in [2.45, 2.75) is 54.0 Å². The number of carbonyl (C=O) groups is 1. The van der Waals surface area contributed by atoms with Crippen LogP contribution in [0, 0.1) is 27.7 Å². The Bertz CT molecular complexity index is 1270. The van der Waals surface area contributed by atoms with Gasteiger partial charge in [0.1, 0.15) is 5.69 Å². The number of aromatic nitrogens is 2. The number of aryl methyl sites for hydroxylation is 5. The zero-order chi connectivity index (χ0) is 22.1. The number of fused-ring (bicyclic) bond motifs is 1. The van der Waals surface area contributed by atoms with Crippen molar-refractivity contribution in [3.05, 3.63) is 69.7 Å². The van der Waals surface area contributed by atoms with Crippen molar-refractivity contribution in [2.75, 3.05) is 5.32 Å². The minimum atomic E-state index is -0.0924. The quantitative estimate of drug-likeness (QED) is 0.355. The number of nitrogens with one attached hydrogen (secondary N) is 1. The summed E-state index contributed by atoms with van der Waals surface area (Å²) in [7, 11) is 0. The lowest BCUT2D eigenvalue weighted by atomic mass is 10.0. The fourth-order valence-electron chi connectivity index (χ4n) is 4.08. The Labute approximate surface area is 188 Å². The van der Waals surface area contributed by atoms with E-state index in [1.54, 1.807) is 0 Å².